The third kappa shape index (κ3) is 4.39. The Labute approximate surface area is 143 Å². The molecule has 2 heterocycles. The summed E-state index contributed by atoms with van der Waals surface area (Å²) in [4.78, 5) is 40.0. The molecule has 0 spiro atoms. The smallest absolute Gasteiger partial charge is 0.410 e. The van der Waals surface area contributed by atoms with Gasteiger partial charge in [0.15, 0.2) is 0 Å². The van der Waals surface area contributed by atoms with Crippen LogP contribution in [0.15, 0.2) is 0 Å². The largest absolute Gasteiger partial charge is 0.444 e. The molecule has 136 valence electrons. The summed E-state index contributed by atoms with van der Waals surface area (Å²) in [5.41, 5.74) is -0.515. The minimum Gasteiger partial charge on any atom is -0.444 e. The lowest BCUT2D eigenvalue weighted by molar-refractivity contribution is -0.148. The van der Waals surface area contributed by atoms with Gasteiger partial charge < -0.3 is 19.9 Å². The summed E-state index contributed by atoms with van der Waals surface area (Å²) in [6.45, 7) is 10.6. The number of amides is 3. The van der Waals surface area contributed by atoms with Crippen molar-refractivity contribution in [2.75, 3.05) is 19.6 Å². The third-order valence-electron chi connectivity index (χ3n) is 4.40. The molecule has 7 heteroatoms. The Balaban J connectivity index is 1.95. The summed E-state index contributed by atoms with van der Waals surface area (Å²) in [6, 6.07) is -0.446. The number of nitrogens with one attached hydrogen (secondary N) is 1. The fourth-order valence-corrected chi connectivity index (χ4v) is 3.14. The summed E-state index contributed by atoms with van der Waals surface area (Å²) >= 11 is 0. The molecule has 24 heavy (non-hydrogen) atoms. The van der Waals surface area contributed by atoms with Crippen molar-refractivity contribution in [3.8, 4) is 0 Å². The molecule has 0 aromatic heterocycles. The molecule has 0 bridgehead atoms. The Bertz CT molecular complexity index is 504. The fourth-order valence-electron chi connectivity index (χ4n) is 3.14. The maximum atomic E-state index is 12.6. The van der Waals surface area contributed by atoms with Crippen LogP contribution in [0.3, 0.4) is 0 Å². The standard InChI is InChI=1S/C17H29N3O4/c1-11(2)14-15(22)20(10-13(21)18-14)12-6-8-19(9-7-12)16(23)24-17(3,4)5/h11-12,14H,6-10H2,1-5H3,(H,18,21). The van der Waals surface area contributed by atoms with Crippen LogP contribution in [0.2, 0.25) is 0 Å². The van der Waals surface area contributed by atoms with Gasteiger partial charge in [0.05, 0.1) is 6.54 Å². The molecule has 2 rings (SSSR count). The summed E-state index contributed by atoms with van der Waals surface area (Å²) < 4.78 is 5.39. The number of likely N-dealkylation sites (tertiary alicyclic amines) is 1. The number of ether oxygens (including phenoxy) is 1. The topological polar surface area (TPSA) is 79.0 Å². The summed E-state index contributed by atoms with van der Waals surface area (Å²) in [5, 5.41) is 2.77. The third-order valence-corrected chi connectivity index (χ3v) is 4.40. The Morgan fingerprint density at radius 3 is 2.29 bits per heavy atom. The minimum atomic E-state index is -0.515. The Morgan fingerprint density at radius 1 is 1.21 bits per heavy atom. The van der Waals surface area contributed by atoms with E-state index in [0.717, 1.165) is 0 Å². The zero-order valence-corrected chi connectivity index (χ0v) is 15.3. The fraction of sp³-hybridized carbons (Fsp3) is 0.824. The van der Waals surface area contributed by atoms with Gasteiger partial charge in [-0.2, -0.15) is 0 Å². The van der Waals surface area contributed by atoms with E-state index in [4.69, 9.17) is 4.74 Å². The average molecular weight is 339 g/mol. The number of hydrogen-bond acceptors (Lipinski definition) is 4. The lowest BCUT2D eigenvalue weighted by Gasteiger charge is -2.42. The van der Waals surface area contributed by atoms with Crippen LogP contribution in [0, 0.1) is 5.92 Å². The monoisotopic (exact) mass is 339 g/mol. The molecule has 2 fully saturated rings. The second-order valence-electron chi connectivity index (χ2n) is 7.95. The quantitative estimate of drug-likeness (QED) is 0.824. The molecular formula is C17H29N3O4. The number of piperidine rings is 1. The van der Waals surface area contributed by atoms with E-state index in [1.807, 2.05) is 34.6 Å². The second-order valence-corrected chi connectivity index (χ2v) is 7.95. The molecule has 7 nitrogen and oxygen atoms in total. The highest BCUT2D eigenvalue weighted by molar-refractivity contribution is 5.95. The van der Waals surface area contributed by atoms with Gasteiger partial charge in [-0.05, 0) is 39.5 Å². The molecule has 0 aromatic rings. The van der Waals surface area contributed by atoms with Gasteiger partial charge >= 0.3 is 6.09 Å². The summed E-state index contributed by atoms with van der Waals surface area (Å²) in [5.74, 6) is -0.0608. The van der Waals surface area contributed by atoms with Gasteiger partial charge in [-0.15, -0.1) is 0 Å². The SMILES string of the molecule is CC(C)C1NC(=O)CN(C2CCN(C(=O)OC(C)(C)C)CC2)C1=O. The molecule has 2 aliphatic rings. The van der Waals surface area contributed by atoms with E-state index < -0.39 is 11.6 Å². The van der Waals surface area contributed by atoms with E-state index in [9.17, 15) is 14.4 Å². The number of carbonyl (C=O) groups excluding carboxylic acids is 3. The molecule has 0 saturated carbocycles. The maximum absolute atomic E-state index is 12.6. The lowest BCUT2D eigenvalue weighted by Crippen LogP contribution is -2.63. The highest BCUT2D eigenvalue weighted by atomic mass is 16.6. The molecule has 0 aliphatic carbocycles. The molecule has 1 unspecified atom stereocenters. The van der Waals surface area contributed by atoms with E-state index in [1.54, 1.807) is 9.80 Å². The zero-order chi connectivity index (χ0) is 18.1. The first kappa shape index (κ1) is 18.5. The van der Waals surface area contributed by atoms with Crippen LogP contribution in [0.5, 0.6) is 0 Å². The van der Waals surface area contributed by atoms with Gasteiger partial charge in [-0.3, -0.25) is 9.59 Å². The highest BCUT2D eigenvalue weighted by Crippen LogP contribution is 2.22. The molecule has 2 saturated heterocycles. The van der Waals surface area contributed by atoms with E-state index >= 15 is 0 Å². The van der Waals surface area contributed by atoms with Crippen LogP contribution < -0.4 is 5.32 Å². The van der Waals surface area contributed by atoms with Gasteiger partial charge in [0.2, 0.25) is 11.8 Å². The highest BCUT2D eigenvalue weighted by Gasteiger charge is 2.39. The number of carbonyl (C=O) groups is 3. The van der Waals surface area contributed by atoms with Crippen LogP contribution in [-0.2, 0) is 14.3 Å². The molecule has 3 amide bonds. The van der Waals surface area contributed by atoms with Crippen LogP contribution in [0.4, 0.5) is 4.79 Å². The Kier molecular flexibility index (Phi) is 5.40. The predicted molar refractivity (Wildman–Crippen MR) is 89.3 cm³/mol. The van der Waals surface area contributed by atoms with E-state index in [1.165, 1.54) is 0 Å². The number of piperazine rings is 1. The van der Waals surface area contributed by atoms with Crippen LogP contribution in [0.1, 0.15) is 47.5 Å². The van der Waals surface area contributed by atoms with Crippen molar-refractivity contribution < 1.29 is 19.1 Å². The zero-order valence-electron chi connectivity index (χ0n) is 15.3. The van der Waals surface area contributed by atoms with Crippen LogP contribution >= 0.6 is 0 Å². The van der Waals surface area contributed by atoms with E-state index in [2.05, 4.69) is 5.32 Å². The van der Waals surface area contributed by atoms with E-state index in [-0.39, 0.29) is 36.4 Å². The second kappa shape index (κ2) is 6.99. The number of rotatable bonds is 2. The van der Waals surface area contributed by atoms with Gasteiger partial charge in [-0.25, -0.2) is 4.79 Å². The number of nitrogens with zero attached hydrogens (tertiary/aromatic N) is 2. The molecule has 1 atom stereocenters. The molecule has 0 radical (unpaired) electrons. The summed E-state index contributed by atoms with van der Waals surface area (Å²) in [7, 11) is 0. The van der Waals surface area contributed by atoms with Crippen molar-refractivity contribution in [2.24, 2.45) is 5.92 Å². The predicted octanol–water partition coefficient (Wildman–Crippen LogP) is 1.37. The summed E-state index contributed by atoms with van der Waals surface area (Å²) in [6.07, 6.45) is 1.02. The van der Waals surface area contributed by atoms with Gasteiger partial charge in [0.1, 0.15) is 11.6 Å². The molecule has 2 aliphatic heterocycles. The van der Waals surface area contributed by atoms with Crippen molar-refractivity contribution in [3.05, 3.63) is 0 Å². The average Bonchev–Trinajstić information content (AvgIpc) is 2.47. The van der Waals surface area contributed by atoms with E-state index in [0.29, 0.717) is 25.9 Å². The van der Waals surface area contributed by atoms with Gasteiger partial charge in [-0.1, -0.05) is 13.8 Å². The minimum absolute atomic E-state index is 0.00323. The van der Waals surface area contributed by atoms with Crippen molar-refractivity contribution >= 4 is 17.9 Å². The van der Waals surface area contributed by atoms with Crippen molar-refractivity contribution in [1.82, 2.24) is 15.1 Å². The van der Waals surface area contributed by atoms with Gasteiger partial charge in [0.25, 0.3) is 0 Å². The number of hydrogen-bond donors (Lipinski definition) is 1. The van der Waals surface area contributed by atoms with Crippen molar-refractivity contribution in [3.63, 3.8) is 0 Å². The van der Waals surface area contributed by atoms with Crippen molar-refractivity contribution in [1.29, 1.82) is 0 Å². The Morgan fingerprint density at radius 2 is 1.79 bits per heavy atom. The molecular weight excluding hydrogens is 310 g/mol. The van der Waals surface area contributed by atoms with Crippen LogP contribution in [0.25, 0.3) is 0 Å². The first-order valence-electron chi connectivity index (χ1n) is 8.66. The first-order valence-corrected chi connectivity index (χ1v) is 8.66. The van der Waals surface area contributed by atoms with Gasteiger partial charge in [0, 0.05) is 19.1 Å². The maximum Gasteiger partial charge on any atom is 0.410 e. The molecule has 1 N–H and O–H groups in total. The molecule has 0 aromatic carbocycles. The Hall–Kier alpha value is -1.79. The van der Waals surface area contributed by atoms with Crippen LogP contribution in [-0.4, -0.2) is 65.0 Å². The first-order chi connectivity index (χ1) is 11.1. The van der Waals surface area contributed by atoms with Crippen molar-refractivity contribution in [2.45, 2.75) is 65.1 Å². The normalized spacial score (nSPS) is 23.5. The lowest BCUT2D eigenvalue weighted by atomic mass is 9.96.